The number of carbonyl (C=O) groups excluding carboxylic acids is 2. The number of halogens is 3. The first-order valence-corrected chi connectivity index (χ1v) is 14.6. The van der Waals surface area contributed by atoms with E-state index >= 15 is 0 Å². The predicted octanol–water partition coefficient (Wildman–Crippen LogP) is 3.50. The highest BCUT2D eigenvalue weighted by atomic mass is 32.2. The van der Waals surface area contributed by atoms with Crippen molar-refractivity contribution in [2.75, 3.05) is 32.1 Å². The van der Waals surface area contributed by atoms with Crippen LogP contribution in [0.15, 0.2) is 39.9 Å². The topological polar surface area (TPSA) is 116 Å². The fourth-order valence-corrected chi connectivity index (χ4v) is 6.50. The van der Waals surface area contributed by atoms with Crippen LogP contribution in [0.2, 0.25) is 0 Å². The molecule has 0 unspecified atom stereocenters. The largest absolute Gasteiger partial charge is 0.488 e. The normalized spacial score (nSPS) is 19.5. The Kier molecular flexibility index (Phi) is 10.0. The van der Waals surface area contributed by atoms with Crippen LogP contribution >= 0.6 is 11.3 Å². The van der Waals surface area contributed by atoms with Crippen molar-refractivity contribution < 1.29 is 41.0 Å². The number of likely N-dealkylation sites (N-methyl/N-ethyl adjacent to an activating group) is 1. The molecule has 0 bridgehead atoms. The molecule has 1 aromatic carbocycles. The minimum atomic E-state index is -4.47. The van der Waals surface area contributed by atoms with Gasteiger partial charge >= 0.3 is 6.18 Å². The van der Waals surface area contributed by atoms with Gasteiger partial charge in [-0.3, -0.25) is 9.59 Å². The molecule has 39 heavy (non-hydrogen) atoms. The van der Waals surface area contributed by atoms with Crippen molar-refractivity contribution in [1.29, 1.82) is 0 Å². The molecular weight excluding hydrogens is 559 g/mol. The Hall–Kier alpha value is -2.68. The highest BCUT2D eigenvalue weighted by molar-refractivity contribution is 7.91. The van der Waals surface area contributed by atoms with E-state index in [0.717, 1.165) is 11.3 Å². The summed E-state index contributed by atoms with van der Waals surface area (Å²) in [5.41, 5.74) is 0.562. The molecule has 2 N–H and O–H groups in total. The Morgan fingerprint density at radius 1 is 1.33 bits per heavy atom. The van der Waals surface area contributed by atoms with Crippen molar-refractivity contribution >= 4 is 38.9 Å². The zero-order valence-electron chi connectivity index (χ0n) is 21.8. The smallest absolute Gasteiger partial charge is 0.389 e. The SMILES string of the molecule is C[C@@H]1CN([C@@H](C)CO)C(=O)Cc2cc(NC(=O)CCC(F)(F)F)ccc2O[C@H]1CN(C)S(=O)(=O)c1cccs1. The number of amides is 2. The first-order chi connectivity index (χ1) is 18.2. The van der Waals surface area contributed by atoms with Crippen LogP contribution in [0, 0.1) is 5.92 Å². The number of benzene rings is 1. The molecule has 14 heteroatoms. The van der Waals surface area contributed by atoms with Gasteiger partial charge in [-0.25, -0.2) is 8.42 Å². The van der Waals surface area contributed by atoms with Gasteiger partial charge in [-0.05, 0) is 36.6 Å². The van der Waals surface area contributed by atoms with Gasteiger partial charge in [0.15, 0.2) is 0 Å². The zero-order chi connectivity index (χ0) is 29.0. The molecule has 216 valence electrons. The molecule has 3 rings (SSSR count). The molecule has 2 aromatic rings. The van der Waals surface area contributed by atoms with Crippen LogP contribution in [0.4, 0.5) is 18.9 Å². The number of alkyl halides is 3. The van der Waals surface area contributed by atoms with Crippen LogP contribution in [-0.2, 0) is 26.0 Å². The maximum absolute atomic E-state index is 13.3. The summed E-state index contributed by atoms with van der Waals surface area (Å²) in [6, 6.07) is 7.03. The van der Waals surface area contributed by atoms with Crippen LogP contribution < -0.4 is 10.1 Å². The quantitative estimate of drug-likeness (QED) is 0.461. The van der Waals surface area contributed by atoms with Gasteiger partial charge in [-0.1, -0.05) is 13.0 Å². The second-order valence-electron chi connectivity index (χ2n) is 9.59. The number of carbonyl (C=O) groups is 2. The lowest BCUT2D eigenvalue weighted by molar-refractivity contribution is -0.142. The van der Waals surface area contributed by atoms with Gasteiger partial charge in [-0.15, -0.1) is 11.3 Å². The van der Waals surface area contributed by atoms with Gasteiger partial charge in [0.1, 0.15) is 16.1 Å². The molecule has 9 nitrogen and oxygen atoms in total. The average Bonchev–Trinajstić information content (AvgIpc) is 3.42. The number of rotatable bonds is 9. The fourth-order valence-electron chi connectivity index (χ4n) is 4.12. The van der Waals surface area contributed by atoms with E-state index in [1.54, 1.807) is 18.4 Å². The lowest BCUT2D eigenvalue weighted by Gasteiger charge is -2.33. The summed E-state index contributed by atoms with van der Waals surface area (Å²) in [5.74, 6) is -1.22. The van der Waals surface area contributed by atoms with Crippen molar-refractivity contribution in [1.82, 2.24) is 9.21 Å². The minimum Gasteiger partial charge on any atom is -0.488 e. The van der Waals surface area contributed by atoms with E-state index in [0.29, 0.717) is 5.56 Å². The Labute approximate surface area is 229 Å². The molecule has 1 aromatic heterocycles. The molecule has 3 atom stereocenters. The lowest BCUT2D eigenvalue weighted by Crippen LogP contribution is -2.48. The van der Waals surface area contributed by atoms with E-state index in [9.17, 15) is 36.3 Å². The number of aliphatic hydroxyl groups excluding tert-OH is 1. The summed E-state index contributed by atoms with van der Waals surface area (Å²) in [7, 11) is -2.34. The summed E-state index contributed by atoms with van der Waals surface area (Å²) in [6.45, 7) is 3.36. The monoisotopic (exact) mass is 591 g/mol. The Bertz CT molecular complexity index is 1250. The van der Waals surface area contributed by atoms with Gasteiger partial charge < -0.3 is 20.1 Å². The second kappa shape index (κ2) is 12.7. The molecule has 0 radical (unpaired) electrons. The van der Waals surface area contributed by atoms with Crippen molar-refractivity contribution in [3.63, 3.8) is 0 Å². The van der Waals surface area contributed by atoms with E-state index in [-0.39, 0.29) is 53.6 Å². The van der Waals surface area contributed by atoms with E-state index in [1.165, 1.54) is 40.5 Å². The summed E-state index contributed by atoms with van der Waals surface area (Å²) in [4.78, 5) is 26.8. The van der Waals surface area contributed by atoms with Crippen LogP contribution in [0.25, 0.3) is 0 Å². The molecule has 2 heterocycles. The predicted molar refractivity (Wildman–Crippen MR) is 140 cm³/mol. The number of nitrogens with one attached hydrogen (secondary N) is 1. The van der Waals surface area contributed by atoms with E-state index in [2.05, 4.69) is 5.32 Å². The van der Waals surface area contributed by atoms with Gasteiger partial charge in [0.05, 0.1) is 32.0 Å². The molecule has 2 amide bonds. The first-order valence-electron chi connectivity index (χ1n) is 12.3. The number of hydrogen-bond donors (Lipinski definition) is 2. The summed E-state index contributed by atoms with van der Waals surface area (Å²) < 4.78 is 71.2. The third kappa shape index (κ3) is 8.16. The molecule has 1 aliphatic heterocycles. The van der Waals surface area contributed by atoms with Crippen LogP contribution in [-0.4, -0.2) is 79.6 Å². The second-order valence-corrected chi connectivity index (χ2v) is 12.8. The number of sulfonamides is 1. The van der Waals surface area contributed by atoms with E-state index in [4.69, 9.17) is 4.74 Å². The Balaban J connectivity index is 1.91. The molecule has 0 fully saturated rings. The van der Waals surface area contributed by atoms with Crippen LogP contribution in [0.1, 0.15) is 32.3 Å². The third-order valence-corrected chi connectivity index (χ3v) is 9.63. The summed E-state index contributed by atoms with van der Waals surface area (Å²) in [6.07, 6.45) is -7.34. The van der Waals surface area contributed by atoms with Crippen molar-refractivity contribution in [2.45, 2.75) is 55.6 Å². The highest BCUT2D eigenvalue weighted by Gasteiger charge is 2.34. The van der Waals surface area contributed by atoms with Crippen LogP contribution in [0.3, 0.4) is 0 Å². The third-order valence-electron chi connectivity index (χ3n) is 6.43. The van der Waals surface area contributed by atoms with Crippen molar-refractivity contribution in [2.24, 2.45) is 5.92 Å². The number of ether oxygens (including phenoxy) is 1. The molecular formula is C25H32F3N3O6S2. The van der Waals surface area contributed by atoms with E-state index in [1.807, 2.05) is 6.92 Å². The highest BCUT2D eigenvalue weighted by Crippen LogP contribution is 2.30. The first kappa shape index (κ1) is 30.9. The zero-order valence-corrected chi connectivity index (χ0v) is 23.4. The van der Waals surface area contributed by atoms with Crippen molar-refractivity contribution in [3.8, 4) is 5.75 Å². The molecule has 0 saturated carbocycles. The number of anilines is 1. The Morgan fingerprint density at radius 2 is 2.05 bits per heavy atom. The summed E-state index contributed by atoms with van der Waals surface area (Å²) >= 11 is 1.09. The van der Waals surface area contributed by atoms with Gasteiger partial charge in [0.2, 0.25) is 11.8 Å². The van der Waals surface area contributed by atoms with Gasteiger partial charge in [0, 0.05) is 37.2 Å². The van der Waals surface area contributed by atoms with Gasteiger partial charge in [-0.2, -0.15) is 17.5 Å². The number of nitrogens with zero attached hydrogens (tertiary/aromatic N) is 2. The summed E-state index contributed by atoms with van der Waals surface area (Å²) in [5, 5.41) is 13.8. The number of fused-ring (bicyclic) bond motifs is 1. The lowest BCUT2D eigenvalue weighted by atomic mass is 10.0. The minimum absolute atomic E-state index is 0.0354. The number of aliphatic hydroxyl groups is 1. The number of thiophene rings is 1. The molecule has 0 saturated heterocycles. The number of hydrogen-bond acceptors (Lipinski definition) is 7. The standard InChI is InChI=1S/C25H32F3N3O6S2/c1-16-13-31(17(2)15-32)23(34)12-18-11-19(29-22(33)8-9-25(26,27)28)6-7-20(18)37-21(16)14-30(3)39(35,36)24-5-4-10-38-24/h4-7,10-11,16-17,21,32H,8-9,12-15H2,1-3H3,(H,29,33)/t16-,17+,21+/m1/s1. The molecule has 0 aliphatic carbocycles. The fraction of sp³-hybridized carbons (Fsp3) is 0.520. The maximum atomic E-state index is 13.3. The molecule has 0 spiro atoms. The van der Waals surface area contributed by atoms with E-state index < -0.39 is 47.1 Å². The Morgan fingerprint density at radius 3 is 2.67 bits per heavy atom. The average molecular weight is 592 g/mol. The van der Waals surface area contributed by atoms with Crippen LogP contribution in [0.5, 0.6) is 5.75 Å². The maximum Gasteiger partial charge on any atom is 0.389 e. The van der Waals surface area contributed by atoms with Gasteiger partial charge in [0.25, 0.3) is 10.0 Å². The van der Waals surface area contributed by atoms with Crippen molar-refractivity contribution in [3.05, 3.63) is 41.3 Å². The molecule has 1 aliphatic rings.